The Morgan fingerprint density at radius 2 is 2.24 bits per heavy atom. The number of hydrazine groups is 1. The van der Waals surface area contributed by atoms with E-state index in [0.29, 0.717) is 17.4 Å². The van der Waals surface area contributed by atoms with Crippen molar-refractivity contribution in [3.8, 4) is 0 Å². The summed E-state index contributed by atoms with van der Waals surface area (Å²) in [5, 5.41) is 0. The molecule has 0 spiro atoms. The third-order valence-electron chi connectivity index (χ3n) is 4.53. The minimum absolute atomic E-state index is 0.297. The average Bonchev–Trinajstić information content (AvgIpc) is 2.33. The van der Waals surface area contributed by atoms with Crippen molar-refractivity contribution in [3.05, 3.63) is 11.8 Å². The molecular formula is C14H26N2O. The van der Waals surface area contributed by atoms with Gasteiger partial charge >= 0.3 is 0 Å². The molecule has 1 heterocycles. The van der Waals surface area contributed by atoms with E-state index in [1.165, 1.54) is 31.3 Å². The van der Waals surface area contributed by atoms with Crippen LogP contribution in [0.25, 0.3) is 0 Å². The average molecular weight is 238 g/mol. The fraction of sp³-hybridized carbons (Fsp3) is 0.857. The van der Waals surface area contributed by atoms with Gasteiger partial charge in [0.15, 0.2) is 0 Å². The second kappa shape index (κ2) is 5.40. The van der Waals surface area contributed by atoms with Gasteiger partial charge in [0.25, 0.3) is 0 Å². The molecule has 2 aliphatic rings. The first-order valence-electron chi connectivity index (χ1n) is 6.92. The molecule has 2 unspecified atom stereocenters. The predicted octanol–water partition coefficient (Wildman–Crippen LogP) is 2.73. The minimum Gasteiger partial charge on any atom is -0.501 e. The van der Waals surface area contributed by atoms with Crippen molar-refractivity contribution in [2.75, 3.05) is 6.61 Å². The maximum absolute atomic E-state index is 5.81. The van der Waals surface area contributed by atoms with Gasteiger partial charge in [0.1, 0.15) is 0 Å². The van der Waals surface area contributed by atoms with Gasteiger partial charge in [-0.2, -0.15) is 0 Å². The molecule has 0 aromatic heterocycles. The van der Waals surface area contributed by atoms with Crippen molar-refractivity contribution >= 4 is 0 Å². The highest BCUT2D eigenvalue weighted by Gasteiger charge is 2.38. The van der Waals surface area contributed by atoms with Crippen LogP contribution < -0.4 is 11.3 Å². The Labute approximate surface area is 105 Å². The summed E-state index contributed by atoms with van der Waals surface area (Å²) >= 11 is 0. The lowest BCUT2D eigenvalue weighted by Crippen LogP contribution is -2.49. The van der Waals surface area contributed by atoms with E-state index in [9.17, 15) is 0 Å². The van der Waals surface area contributed by atoms with Gasteiger partial charge in [0.05, 0.1) is 12.9 Å². The molecule has 98 valence electrons. The van der Waals surface area contributed by atoms with Crippen LogP contribution in [0.15, 0.2) is 11.8 Å². The molecule has 0 amide bonds. The van der Waals surface area contributed by atoms with E-state index in [1.807, 2.05) is 6.26 Å². The van der Waals surface area contributed by atoms with Crippen molar-refractivity contribution in [1.29, 1.82) is 0 Å². The van der Waals surface area contributed by atoms with Gasteiger partial charge in [0, 0.05) is 6.04 Å². The zero-order valence-corrected chi connectivity index (χ0v) is 11.2. The maximum Gasteiger partial charge on any atom is 0.0876 e. The lowest BCUT2D eigenvalue weighted by molar-refractivity contribution is 0.104. The van der Waals surface area contributed by atoms with Crippen molar-refractivity contribution in [3.63, 3.8) is 0 Å². The Hall–Kier alpha value is -0.540. The summed E-state index contributed by atoms with van der Waals surface area (Å²) in [5.41, 5.74) is 4.79. The van der Waals surface area contributed by atoms with Crippen LogP contribution in [0, 0.1) is 11.3 Å². The highest BCUT2D eigenvalue weighted by Crippen LogP contribution is 2.44. The van der Waals surface area contributed by atoms with Crippen LogP contribution in [0.4, 0.5) is 0 Å². The number of nitrogens with one attached hydrogen (secondary N) is 1. The molecule has 17 heavy (non-hydrogen) atoms. The standard InChI is InChI=1S/C14H26N2O/c1-14(2)8-4-3-7-12(14)13(16-15)11-6-5-9-17-10-11/h10,12-13,16H,3-9,15H2,1-2H3. The van der Waals surface area contributed by atoms with Crippen molar-refractivity contribution < 1.29 is 4.74 Å². The normalized spacial score (nSPS) is 30.3. The molecular weight excluding hydrogens is 212 g/mol. The van der Waals surface area contributed by atoms with Crippen LogP contribution >= 0.6 is 0 Å². The van der Waals surface area contributed by atoms with Gasteiger partial charge in [-0.15, -0.1) is 0 Å². The summed E-state index contributed by atoms with van der Waals surface area (Å²) in [4.78, 5) is 0. The summed E-state index contributed by atoms with van der Waals surface area (Å²) in [6, 6.07) is 0.297. The van der Waals surface area contributed by atoms with E-state index in [2.05, 4.69) is 19.3 Å². The molecule has 3 nitrogen and oxygen atoms in total. The monoisotopic (exact) mass is 238 g/mol. The largest absolute Gasteiger partial charge is 0.501 e. The predicted molar refractivity (Wildman–Crippen MR) is 70.1 cm³/mol. The number of ether oxygens (including phenoxy) is 1. The van der Waals surface area contributed by atoms with Gasteiger partial charge in [-0.1, -0.05) is 26.7 Å². The SMILES string of the molecule is CC1(C)CCCCC1C(NN)C1=COCCC1. The summed E-state index contributed by atoms with van der Waals surface area (Å²) in [5.74, 6) is 6.44. The molecule has 3 N–H and O–H groups in total. The van der Waals surface area contributed by atoms with Crippen LogP contribution in [-0.2, 0) is 4.74 Å². The highest BCUT2D eigenvalue weighted by molar-refractivity contribution is 5.13. The van der Waals surface area contributed by atoms with Gasteiger partial charge in [-0.25, -0.2) is 0 Å². The lowest BCUT2D eigenvalue weighted by atomic mass is 9.64. The summed E-state index contributed by atoms with van der Waals surface area (Å²) in [6.07, 6.45) is 9.47. The molecule has 1 fully saturated rings. The third-order valence-corrected chi connectivity index (χ3v) is 4.53. The Balaban J connectivity index is 2.13. The van der Waals surface area contributed by atoms with E-state index < -0.39 is 0 Å². The fourth-order valence-corrected chi connectivity index (χ4v) is 3.43. The highest BCUT2D eigenvalue weighted by atomic mass is 16.5. The number of hydrogen-bond donors (Lipinski definition) is 2. The smallest absolute Gasteiger partial charge is 0.0876 e. The van der Waals surface area contributed by atoms with Crippen LogP contribution in [0.2, 0.25) is 0 Å². The second-order valence-corrected chi connectivity index (χ2v) is 6.15. The topological polar surface area (TPSA) is 47.3 Å². The molecule has 0 saturated heterocycles. The van der Waals surface area contributed by atoms with Crippen molar-refractivity contribution in [2.45, 2.75) is 58.4 Å². The van der Waals surface area contributed by atoms with Gasteiger partial charge in [-0.3, -0.25) is 11.3 Å². The number of hydrogen-bond acceptors (Lipinski definition) is 3. The van der Waals surface area contributed by atoms with Crippen molar-refractivity contribution in [1.82, 2.24) is 5.43 Å². The zero-order chi connectivity index (χ0) is 12.3. The van der Waals surface area contributed by atoms with Gasteiger partial charge < -0.3 is 4.74 Å². The van der Waals surface area contributed by atoms with Gasteiger partial charge in [-0.05, 0) is 42.6 Å². The summed E-state index contributed by atoms with van der Waals surface area (Å²) in [6.45, 7) is 5.62. The molecule has 3 heteroatoms. The van der Waals surface area contributed by atoms with E-state index in [0.717, 1.165) is 19.4 Å². The van der Waals surface area contributed by atoms with Crippen LogP contribution in [0.5, 0.6) is 0 Å². The van der Waals surface area contributed by atoms with E-state index in [4.69, 9.17) is 10.6 Å². The quantitative estimate of drug-likeness (QED) is 0.587. The molecule has 1 aliphatic heterocycles. The molecule has 0 aromatic carbocycles. The fourth-order valence-electron chi connectivity index (χ4n) is 3.43. The molecule has 2 rings (SSSR count). The second-order valence-electron chi connectivity index (χ2n) is 6.15. The number of nitrogens with two attached hydrogens (primary N) is 1. The first-order chi connectivity index (χ1) is 8.15. The van der Waals surface area contributed by atoms with Crippen LogP contribution in [0.3, 0.4) is 0 Å². The van der Waals surface area contributed by atoms with Crippen LogP contribution in [-0.4, -0.2) is 12.6 Å². The Bertz CT molecular complexity index is 286. The molecule has 0 bridgehead atoms. The Morgan fingerprint density at radius 3 is 2.82 bits per heavy atom. The molecule has 0 aromatic rings. The van der Waals surface area contributed by atoms with Crippen LogP contribution in [0.1, 0.15) is 52.4 Å². The van der Waals surface area contributed by atoms with Crippen molar-refractivity contribution in [2.24, 2.45) is 17.2 Å². The first-order valence-corrected chi connectivity index (χ1v) is 6.92. The molecule has 1 aliphatic carbocycles. The maximum atomic E-state index is 5.81. The first kappa shape index (κ1) is 12.9. The minimum atomic E-state index is 0.297. The van der Waals surface area contributed by atoms with Gasteiger partial charge in [0.2, 0.25) is 0 Å². The zero-order valence-electron chi connectivity index (χ0n) is 11.2. The van der Waals surface area contributed by atoms with E-state index >= 15 is 0 Å². The molecule has 1 saturated carbocycles. The Kier molecular flexibility index (Phi) is 4.10. The summed E-state index contributed by atoms with van der Waals surface area (Å²) < 4.78 is 5.47. The molecule has 0 radical (unpaired) electrons. The summed E-state index contributed by atoms with van der Waals surface area (Å²) in [7, 11) is 0. The van der Waals surface area contributed by atoms with E-state index in [-0.39, 0.29) is 0 Å². The van der Waals surface area contributed by atoms with E-state index in [1.54, 1.807) is 0 Å². The lowest BCUT2D eigenvalue weighted by Gasteiger charge is -2.44. The number of rotatable bonds is 3. The Morgan fingerprint density at radius 1 is 1.41 bits per heavy atom. The molecule has 2 atom stereocenters. The third kappa shape index (κ3) is 2.83.